The average Bonchev–Trinajstić information content (AvgIpc) is 2.19. The van der Waals surface area contributed by atoms with Gasteiger partial charge in [0.05, 0.1) is 11.4 Å². The van der Waals surface area contributed by atoms with Crippen LogP contribution >= 0.6 is 11.8 Å². The van der Waals surface area contributed by atoms with Gasteiger partial charge >= 0.3 is 0 Å². The lowest BCUT2D eigenvalue weighted by atomic mass is 9.95. The summed E-state index contributed by atoms with van der Waals surface area (Å²) in [7, 11) is 0. The highest BCUT2D eigenvalue weighted by Crippen LogP contribution is 2.33. The quantitative estimate of drug-likeness (QED) is 0.737. The summed E-state index contributed by atoms with van der Waals surface area (Å²) in [5.41, 5.74) is 2.18. The Morgan fingerprint density at radius 3 is 2.85 bits per heavy atom. The summed E-state index contributed by atoms with van der Waals surface area (Å²) in [5, 5.41) is 10.2. The van der Waals surface area contributed by atoms with Crippen LogP contribution in [0.4, 0.5) is 0 Å². The Balaban J connectivity index is 2.42. The van der Waals surface area contributed by atoms with Gasteiger partial charge in [-0.2, -0.15) is 11.8 Å². The SMILES string of the molecule is CSC1C=Cc2ccccc2C1O. The Bertz CT molecular complexity index is 333. The van der Waals surface area contributed by atoms with Gasteiger partial charge in [-0.3, -0.25) is 0 Å². The van der Waals surface area contributed by atoms with Crippen molar-refractivity contribution in [3.8, 4) is 0 Å². The first-order valence-electron chi connectivity index (χ1n) is 4.31. The Morgan fingerprint density at radius 1 is 1.31 bits per heavy atom. The highest BCUT2D eigenvalue weighted by Gasteiger charge is 2.22. The van der Waals surface area contributed by atoms with E-state index in [1.807, 2.05) is 30.5 Å². The molecule has 0 bridgehead atoms. The lowest BCUT2D eigenvalue weighted by Gasteiger charge is -2.23. The predicted molar refractivity (Wildman–Crippen MR) is 57.7 cm³/mol. The van der Waals surface area contributed by atoms with Crippen LogP contribution in [0.15, 0.2) is 30.3 Å². The van der Waals surface area contributed by atoms with Crippen LogP contribution in [0, 0.1) is 0 Å². The fourth-order valence-corrected chi connectivity index (χ4v) is 2.26. The fourth-order valence-electron chi connectivity index (χ4n) is 1.62. The van der Waals surface area contributed by atoms with E-state index in [2.05, 4.69) is 12.2 Å². The monoisotopic (exact) mass is 192 g/mol. The molecular formula is C11H12OS. The van der Waals surface area contributed by atoms with Crippen LogP contribution in [-0.4, -0.2) is 16.6 Å². The third kappa shape index (κ3) is 1.52. The zero-order chi connectivity index (χ0) is 9.26. The van der Waals surface area contributed by atoms with Crippen molar-refractivity contribution in [3.05, 3.63) is 41.5 Å². The molecule has 1 aromatic rings. The maximum Gasteiger partial charge on any atom is 0.0949 e. The summed E-state index contributed by atoms with van der Waals surface area (Å²) < 4.78 is 0. The highest BCUT2D eigenvalue weighted by molar-refractivity contribution is 7.99. The van der Waals surface area contributed by atoms with Gasteiger partial charge in [-0.05, 0) is 17.4 Å². The van der Waals surface area contributed by atoms with Crippen molar-refractivity contribution in [2.45, 2.75) is 11.4 Å². The first-order chi connectivity index (χ1) is 6.33. The number of rotatable bonds is 1. The molecule has 68 valence electrons. The molecule has 0 amide bonds. The molecule has 1 aromatic carbocycles. The summed E-state index contributed by atoms with van der Waals surface area (Å²) in [6.45, 7) is 0. The number of aliphatic hydroxyl groups is 1. The van der Waals surface area contributed by atoms with Crippen molar-refractivity contribution >= 4 is 17.8 Å². The van der Waals surface area contributed by atoms with E-state index >= 15 is 0 Å². The Labute approximate surface area is 82.5 Å². The van der Waals surface area contributed by atoms with Crippen LogP contribution in [0.1, 0.15) is 17.2 Å². The number of aliphatic hydroxyl groups excluding tert-OH is 1. The van der Waals surface area contributed by atoms with Crippen LogP contribution in [0.5, 0.6) is 0 Å². The second kappa shape index (κ2) is 3.56. The summed E-state index contributed by atoms with van der Waals surface area (Å²) >= 11 is 1.68. The molecule has 0 aromatic heterocycles. The Morgan fingerprint density at radius 2 is 2.08 bits per heavy atom. The van der Waals surface area contributed by atoms with Gasteiger partial charge in [0.15, 0.2) is 0 Å². The first-order valence-corrected chi connectivity index (χ1v) is 5.59. The number of hydrogen-bond donors (Lipinski definition) is 1. The largest absolute Gasteiger partial charge is 0.387 e. The Kier molecular flexibility index (Phi) is 2.42. The molecule has 2 rings (SSSR count). The summed E-state index contributed by atoms with van der Waals surface area (Å²) in [6.07, 6.45) is 5.82. The first kappa shape index (κ1) is 8.85. The number of hydrogen-bond acceptors (Lipinski definition) is 2. The number of fused-ring (bicyclic) bond motifs is 1. The summed E-state index contributed by atoms with van der Waals surface area (Å²) in [4.78, 5) is 0. The van der Waals surface area contributed by atoms with E-state index in [-0.39, 0.29) is 11.4 Å². The predicted octanol–water partition coefficient (Wildman–Crippen LogP) is 2.48. The van der Waals surface area contributed by atoms with Crippen molar-refractivity contribution in [1.82, 2.24) is 0 Å². The molecule has 2 heteroatoms. The van der Waals surface area contributed by atoms with Gasteiger partial charge in [-0.25, -0.2) is 0 Å². The molecule has 1 aliphatic rings. The van der Waals surface area contributed by atoms with E-state index in [0.717, 1.165) is 11.1 Å². The average molecular weight is 192 g/mol. The summed E-state index contributed by atoms with van der Waals surface area (Å²) in [5.74, 6) is 0. The molecule has 1 aliphatic carbocycles. The maximum atomic E-state index is 9.95. The van der Waals surface area contributed by atoms with E-state index in [1.165, 1.54) is 0 Å². The summed E-state index contributed by atoms with van der Waals surface area (Å²) in [6, 6.07) is 7.99. The molecule has 13 heavy (non-hydrogen) atoms. The van der Waals surface area contributed by atoms with Crippen molar-refractivity contribution in [3.63, 3.8) is 0 Å². The van der Waals surface area contributed by atoms with Crippen LogP contribution in [-0.2, 0) is 0 Å². The van der Waals surface area contributed by atoms with Crippen LogP contribution < -0.4 is 0 Å². The second-order valence-corrected chi connectivity index (χ2v) is 4.15. The van der Waals surface area contributed by atoms with E-state index in [0.29, 0.717) is 0 Å². The van der Waals surface area contributed by atoms with E-state index < -0.39 is 0 Å². The maximum absolute atomic E-state index is 9.95. The molecule has 0 heterocycles. The molecule has 0 saturated heterocycles. The molecule has 1 nitrogen and oxygen atoms in total. The van der Waals surface area contributed by atoms with Crippen LogP contribution in [0.3, 0.4) is 0 Å². The van der Waals surface area contributed by atoms with Gasteiger partial charge in [0.25, 0.3) is 0 Å². The molecule has 0 aliphatic heterocycles. The normalized spacial score (nSPS) is 25.7. The molecule has 1 N–H and O–H groups in total. The molecule has 0 saturated carbocycles. The van der Waals surface area contributed by atoms with E-state index in [4.69, 9.17) is 0 Å². The van der Waals surface area contributed by atoms with Gasteiger partial charge in [0.1, 0.15) is 0 Å². The minimum absolute atomic E-state index is 0.204. The van der Waals surface area contributed by atoms with Crippen molar-refractivity contribution in [1.29, 1.82) is 0 Å². The molecular weight excluding hydrogens is 180 g/mol. The van der Waals surface area contributed by atoms with Gasteiger partial charge in [0, 0.05) is 0 Å². The molecule has 2 atom stereocenters. The lowest BCUT2D eigenvalue weighted by molar-refractivity contribution is 0.185. The molecule has 0 fully saturated rings. The standard InChI is InChI=1S/C11H12OS/c1-13-10-7-6-8-4-2-3-5-9(8)11(10)12/h2-7,10-12H,1H3. The molecule has 2 unspecified atom stereocenters. The molecule has 0 spiro atoms. The third-order valence-corrected chi connectivity index (χ3v) is 3.32. The second-order valence-electron chi connectivity index (χ2n) is 3.13. The smallest absolute Gasteiger partial charge is 0.0949 e. The van der Waals surface area contributed by atoms with Gasteiger partial charge in [-0.15, -0.1) is 0 Å². The minimum Gasteiger partial charge on any atom is -0.387 e. The van der Waals surface area contributed by atoms with E-state index in [9.17, 15) is 5.11 Å². The zero-order valence-electron chi connectivity index (χ0n) is 7.47. The fraction of sp³-hybridized carbons (Fsp3) is 0.273. The lowest BCUT2D eigenvalue weighted by Crippen LogP contribution is -2.16. The number of benzene rings is 1. The van der Waals surface area contributed by atoms with Crippen molar-refractivity contribution in [2.24, 2.45) is 0 Å². The van der Waals surface area contributed by atoms with Crippen molar-refractivity contribution < 1.29 is 5.11 Å². The topological polar surface area (TPSA) is 20.2 Å². The molecule has 0 radical (unpaired) electrons. The van der Waals surface area contributed by atoms with Crippen LogP contribution in [0.25, 0.3) is 6.08 Å². The van der Waals surface area contributed by atoms with Crippen LogP contribution in [0.2, 0.25) is 0 Å². The van der Waals surface area contributed by atoms with Gasteiger partial charge in [0.2, 0.25) is 0 Å². The van der Waals surface area contributed by atoms with Gasteiger partial charge < -0.3 is 5.11 Å². The minimum atomic E-state index is -0.351. The van der Waals surface area contributed by atoms with E-state index in [1.54, 1.807) is 11.8 Å². The van der Waals surface area contributed by atoms with Gasteiger partial charge in [-0.1, -0.05) is 36.4 Å². The number of thioether (sulfide) groups is 1. The highest BCUT2D eigenvalue weighted by atomic mass is 32.2. The zero-order valence-corrected chi connectivity index (χ0v) is 8.29. The van der Waals surface area contributed by atoms with Crippen molar-refractivity contribution in [2.75, 3.05) is 6.26 Å². The third-order valence-electron chi connectivity index (χ3n) is 2.36. The Hall–Kier alpha value is -0.730.